The summed E-state index contributed by atoms with van der Waals surface area (Å²) >= 11 is 0. The van der Waals surface area contributed by atoms with Crippen molar-refractivity contribution in [3.63, 3.8) is 0 Å². The van der Waals surface area contributed by atoms with Crippen molar-refractivity contribution < 1.29 is 0 Å². The Morgan fingerprint density at radius 2 is 2.33 bits per heavy atom. The molecule has 1 N–H and O–H groups in total. The van der Waals surface area contributed by atoms with Crippen LogP contribution in [-0.4, -0.2) is 17.2 Å². The molecule has 66 valence electrons. The van der Waals surface area contributed by atoms with Crippen molar-refractivity contribution in [2.75, 3.05) is 7.05 Å². The number of hydrogen-bond acceptors (Lipinski definition) is 1. The number of nitrogens with zero attached hydrogens (tertiary/aromatic N) is 1. The Balaban J connectivity index is 2.08. The topological polar surface area (TPSA) is 17.0 Å². The summed E-state index contributed by atoms with van der Waals surface area (Å²) in [6.07, 6.45) is 5.94. The Labute approximate surface area is 73.6 Å². The molecule has 1 aromatic heterocycles. The first-order valence-corrected chi connectivity index (χ1v) is 4.55. The molecule has 0 amide bonds. The molecule has 1 fully saturated rings. The standard InChI is InChI=1S/C10H16N2/c1-11-10(5-6-10)8-9-4-3-7-12(9)2/h3-4,7,11H,5-6,8H2,1-2H3. The summed E-state index contributed by atoms with van der Waals surface area (Å²) in [6, 6.07) is 4.32. The van der Waals surface area contributed by atoms with Gasteiger partial charge in [0.25, 0.3) is 0 Å². The van der Waals surface area contributed by atoms with Gasteiger partial charge in [-0.05, 0) is 32.0 Å². The highest BCUT2D eigenvalue weighted by molar-refractivity contribution is 5.15. The molecule has 0 spiro atoms. The van der Waals surface area contributed by atoms with E-state index in [1.807, 2.05) is 0 Å². The third-order valence-corrected chi connectivity index (χ3v) is 2.95. The summed E-state index contributed by atoms with van der Waals surface area (Å²) < 4.78 is 2.21. The summed E-state index contributed by atoms with van der Waals surface area (Å²) in [5.41, 5.74) is 1.87. The molecule has 2 rings (SSSR count). The Morgan fingerprint density at radius 3 is 2.75 bits per heavy atom. The normalized spacial score (nSPS) is 19.5. The van der Waals surface area contributed by atoms with E-state index >= 15 is 0 Å². The lowest BCUT2D eigenvalue weighted by Gasteiger charge is -2.14. The molecule has 2 heteroatoms. The lowest BCUT2D eigenvalue weighted by molar-refractivity contribution is 0.533. The molecule has 2 nitrogen and oxygen atoms in total. The van der Waals surface area contributed by atoms with Crippen LogP contribution in [0, 0.1) is 0 Å². The highest BCUT2D eigenvalue weighted by atomic mass is 15.0. The van der Waals surface area contributed by atoms with Crippen LogP contribution in [0.1, 0.15) is 18.5 Å². The highest BCUT2D eigenvalue weighted by Gasteiger charge is 2.41. The van der Waals surface area contributed by atoms with Gasteiger partial charge in [-0.2, -0.15) is 0 Å². The average molecular weight is 164 g/mol. The Hall–Kier alpha value is -0.760. The van der Waals surface area contributed by atoms with E-state index in [1.54, 1.807) is 0 Å². The predicted octanol–water partition coefficient (Wildman–Crippen LogP) is 1.32. The molecule has 1 aliphatic rings. The molecule has 1 aromatic rings. The second-order valence-corrected chi connectivity index (χ2v) is 3.82. The number of aryl methyl sites for hydroxylation is 1. The van der Waals surface area contributed by atoms with Gasteiger partial charge in [-0.25, -0.2) is 0 Å². The molecule has 0 aromatic carbocycles. The van der Waals surface area contributed by atoms with Crippen molar-refractivity contribution in [2.24, 2.45) is 7.05 Å². The van der Waals surface area contributed by atoms with Gasteiger partial charge in [0.1, 0.15) is 0 Å². The van der Waals surface area contributed by atoms with Gasteiger partial charge >= 0.3 is 0 Å². The molecule has 0 aliphatic heterocycles. The van der Waals surface area contributed by atoms with Crippen LogP contribution in [0.4, 0.5) is 0 Å². The minimum Gasteiger partial charge on any atom is -0.354 e. The van der Waals surface area contributed by atoms with Crippen LogP contribution in [0.2, 0.25) is 0 Å². The molecule has 0 saturated heterocycles. The van der Waals surface area contributed by atoms with E-state index in [0.717, 1.165) is 0 Å². The fraction of sp³-hybridized carbons (Fsp3) is 0.600. The first kappa shape index (κ1) is 7.87. The summed E-state index contributed by atoms with van der Waals surface area (Å²) in [5.74, 6) is 0. The molecule has 0 radical (unpaired) electrons. The van der Waals surface area contributed by atoms with Crippen LogP contribution >= 0.6 is 0 Å². The number of rotatable bonds is 3. The number of aromatic nitrogens is 1. The van der Waals surface area contributed by atoms with E-state index in [2.05, 4.69) is 42.3 Å². The maximum absolute atomic E-state index is 3.40. The molecule has 0 bridgehead atoms. The molecule has 0 unspecified atom stereocenters. The molecule has 1 saturated carbocycles. The zero-order valence-corrected chi connectivity index (χ0v) is 7.80. The highest BCUT2D eigenvalue weighted by Crippen LogP contribution is 2.37. The Morgan fingerprint density at radius 1 is 1.58 bits per heavy atom. The van der Waals surface area contributed by atoms with Crippen LogP contribution in [0.25, 0.3) is 0 Å². The van der Waals surface area contributed by atoms with E-state index in [-0.39, 0.29) is 0 Å². The zero-order valence-electron chi connectivity index (χ0n) is 7.80. The van der Waals surface area contributed by atoms with Crippen molar-refractivity contribution in [3.8, 4) is 0 Å². The Kier molecular flexibility index (Phi) is 1.72. The molecule has 12 heavy (non-hydrogen) atoms. The van der Waals surface area contributed by atoms with Crippen LogP contribution in [-0.2, 0) is 13.5 Å². The average Bonchev–Trinajstić information content (AvgIpc) is 2.74. The first-order chi connectivity index (χ1) is 5.76. The van der Waals surface area contributed by atoms with Gasteiger partial charge in [-0.15, -0.1) is 0 Å². The molecular formula is C10H16N2. The largest absolute Gasteiger partial charge is 0.354 e. The molecular weight excluding hydrogens is 148 g/mol. The first-order valence-electron chi connectivity index (χ1n) is 4.55. The maximum atomic E-state index is 3.40. The smallest absolute Gasteiger partial charge is 0.0234 e. The minimum absolute atomic E-state index is 0.437. The number of hydrogen-bond donors (Lipinski definition) is 1. The lowest BCUT2D eigenvalue weighted by Crippen LogP contribution is -2.30. The van der Waals surface area contributed by atoms with E-state index in [0.29, 0.717) is 5.54 Å². The number of nitrogens with one attached hydrogen (secondary N) is 1. The Bertz CT molecular complexity index is 271. The van der Waals surface area contributed by atoms with Crippen LogP contribution in [0.5, 0.6) is 0 Å². The van der Waals surface area contributed by atoms with Gasteiger partial charge in [0.05, 0.1) is 0 Å². The van der Waals surface area contributed by atoms with E-state index in [1.165, 1.54) is 25.0 Å². The zero-order chi connectivity index (χ0) is 8.60. The number of likely N-dealkylation sites (N-methyl/N-ethyl adjacent to an activating group) is 1. The summed E-state index contributed by atoms with van der Waals surface area (Å²) in [5, 5.41) is 3.40. The third-order valence-electron chi connectivity index (χ3n) is 2.95. The minimum atomic E-state index is 0.437. The van der Waals surface area contributed by atoms with Crippen LogP contribution in [0.15, 0.2) is 18.3 Å². The fourth-order valence-electron chi connectivity index (χ4n) is 1.69. The van der Waals surface area contributed by atoms with Crippen LogP contribution < -0.4 is 5.32 Å². The molecule has 1 aliphatic carbocycles. The molecule has 1 heterocycles. The van der Waals surface area contributed by atoms with E-state index in [9.17, 15) is 0 Å². The van der Waals surface area contributed by atoms with Crippen molar-refractivity contribution >= 4 is 0 Å². The van der Waals surface area contributed by atoms with Gasteiger partial charge in [-0.3, -0.25) is 0 Å². The maximum Gasteiger partial charge on any atom is 0.0234 e. The predicted molar refractivity (Wildman–Crippen MR) is 50.1 cm³/mol. The van der Waals surface area contributed by atoms with Gasteiger partial charge < -0.3 is 9.88 Å². The fourth-order valence-corrected chi connectivity index (χ4v) is 1.69. The van der Waals surface area contributed by atoms with Crippen molar-refractivity contribution in [1.29, 1.82) is 0 Å². The van der Waals surface area contributed by atoms with E-state index in [4.69, 9.17) is 0 Å². The SMILES string of the molecule is CNC1(Cc2cccn2C)CC1. The second-order valence-electron chi connectivity index (χ2n) is 3.82. The summed E-state index contributed by atoms with van der Waals surface area (Å²) in [7, 11) is 4.18. The van der Waals surface area contributed by atoms with Gasteiger partial charge in [0.2, 0.25) is 0 Å². The van der Waals surface area contributed by atoms with Gasteiger partial charge in [0.15, 0.2) is 0 Å². The molecule has 0 atom stereocenters. The van der Waals surface area contributed by atoms with Crippen LogP contribution in [0.3, 0.4) is 0 Å². The van der Waals surface area contributed by atoms with E-state index < -0.39 is 0 Å². The van der Waals surface area contributed by atoms with Gasteiger partial charge in [-0.1, -0.05) is 0 Å². The third kappa shape index (κ3) is 1.27. The second kappa shape index (κ2) is 2.63. The van der Waals surface area contributed by atoms with Gasteiger partial charge in [0, 0.05) is 30.9 Å². The monoisotopic (exact) mass is 164 g/mol. The van der Waals surface area contributed by atoms with Crippen molar-refractivity contribution in [1.82, 2.24) is 9.88 Å². The van der Waals surface area contributed by atoms with Crippen molar-refractivity contribution in [3.05, 3.63) is 24.0 Å². The van der Waals surface area contributed by atoms with Crippen molar-refractivity contribution in [2.45, 2.75) is 24.8 Å². The summed E-state index contributed by atoms with van der Waals surface area (Å²) in [6.45, 7) is 0. The lowest BCUT2D eigenvalue weighted by atomic mass is 10.1. The summed E-state index contributed by atoms with van der Waals surface area (Å²) in [4.78, 5) is 0. The quantitative estimate of drug-likeness (QED) is 0.713.